The summed E-state index contributed by atoms with van der Waals surface area (Å²) in [6.45, 7) is 5.52. The SMILES string of the molecule is Cc1c(-c2ccc3c(c2)CN(CC2(C)CC2)C3=O)nnn1-c1cccnc1F. The molecule has 6 nitrogen and oxygen atoms in total. The van der Waals surface area contributed by atoms with Gasteiger partial charge in [-0.1, -0.05) is 18.2 Å². The minimum atomic E-state index is -0.592. The van der Waals surface area contributed by atoms with E-state index in [0.717, 1.165) is 28.9 Å². The van der Waals surface area contributed by atoms with Crippen LogP contribution in [0, 0.1) is 18.3 Å². The molecular formula is C21H20FN5O. The maximum Gasteiger partial charge on any atom is 0.254 e. The van der Waals surface area contributed by atoms with E-state index in [-0.39, 0.29) is 17.0 Å². The lowest BCUT2D eigenvalue weighted by atomic mass is 10.0. The number of hydrogen-bond donors (Lipinski definition) is 0. The molecule has 0 spiro atoms. The molecule has 7 heteroatoms. The van der Waals surface area contributed by atoms with Crippen LogP contribution in [0.1, 0.15) is 41.4 Å². The number of halogens is 1. The summed E-state index contributed by atoms with van der Waals surface area (Å²) in [6, 6.07) is 9.04. The van der Waals surface area contributed by atoms with Gasteiger partial charge in [-0.05, 0) is 55.0 Å². The summed E-state index contributed by atoms with van der Waals surface area (Å²) in [5, 5.41) is 8.37. The van der Waals surface area contributed by atoms with Crippen molar-refractivity contribution in [3.8, 4) is 16.9 Å². The first-order valence-corrected chi connectivity index (χ1v) is 9.41. The third kappa shape index (κ3) is 2.69. The molecule has 2 aliphatic rings. The lowest BCUT2D eigenvalue weighted by Gasteiger charge is -2.19. The summed E-state index contributed by atoms with van der Waals surface area (Å²) in [6.07, 6.45) is 3.77. The van der Waals surface area contributed by atoms with Crippen molar-refractivity contribution in [3.63, 3.8) is 0 Å². The van der Waals surface area contributed by atoms with Crippen LogP contribution in [-0.4, -0.2) is 37.3 Å². The molecular weight excluding hydrogens is 357 g/mol. The lowest BCUT2D eigenvalue weighted by Crippen LogP contribution is -2.29. The molecule has 5 rings (SSSR count). The van der Waals surface area contributed by atoms with Crippen molar-refractivity contribution in [2.75, 3.05) is 6.54 Å². The van der Waals surface area contributed by atoms with Gasteiger partial charge in [0, 0.05) is 30.4 Å². The zero-order chi connectivity index (χ0) is 19.5. The molecule has 28 heavy (non-hydrogen) atoms. The van der Waals surface area contributed by atoms with Gasteiger partial charge in [0.2, 0.25) is 5.95 Å². The second kappa shape index (κ2) is 5.95. The Morgan fingerprint density at radius 2 is 2.07 bits per heavy atom. The van der Waals surface area contributed by atoms with E-state index in [1.807, 2.05) is 30.0 Å². The summed E-state index contributed by atoms with van der Waals surface area (Å²) >= 11 is 0. The van der Waals surface area contributed by atoms with Crippen molar-refractivity contribution in [3.05, 3.63) is 59.3 Å². The monoisotopic (exact) mass is 377 g/mol. The predicted octanol–water partition coefficient (Wildman–Crippen LogP) is 3.53. The molecule has 2 aromatic heterocycles. The normalized spacial score (nSPS) is 17.1. The fourth-order valence-corrected chi connectivity index (χ4v) is 3.85. The van der Waals surface area contributed by atoms with Gasteiger partial charge in [-0.15, -0.1) is 5.10 Å². The molecule has 1 aromatic carbocycles. The molecule has 3 heterocycles. The minimum absolute atomic E-state index is 0.104. The molecule has 1 aliphatic heterocycles. The van der Waals surface area contributed by atoms with Gasteiger partial charge in [0.1, 0.15) is 11.4 Å². The van der Waals surface area contributed by atoms with E-state index in [9.17, 15) is 9.18 Å². The van der Waals surface area contributed by atoms with Crippen molar-refractivity contribution in [1.29, 1.82) is 0 Å². The van der Waals surface area contributed by atoms with E-state index in [1.54, 1.807) is 12.1 Å². The maximum absolute atomic E-state index is 14.0. The number of benzene rings is 1. The molecule has 1 amide bonds. The van der Waals surface area contributed by atoms with Crippen molar-refractivity contribution >= 4 is 5.91 Å². The van der Waals surface area contributed by atoms with Crippen LogP contribution < -0.4 is 0 Å². The number of fused-ring (bicyclic) bond motifs is 1. The molecule has 0 bridgehead atoms. The van der Waals surface area contributed by atoms with E-state index in [4.69, 9.17) is 0 Å². The highest BCUT2D eigenvalue weighted by Crippen LogP contribution is 2.46. The third-order valence-electron chi connectivity index (χ3n) is 5.80. The Hall–Kier alpha value is -3.09. The van der Waals surface area contributed by atoms with Crippen LogP contribution >= 0.6 is 0 Å². The van der Waals surface area contributed by atoms with Gasteiger partial charge >= 0.3 is 0 Å². The Kier molecular flexibility index (Phi) is 3.62. The third-order valence-corrected chi connectivity index (χ3v) is 5.80. The van der Waals surface area contributed by atoms with Crippen LogP contribution in [-0.2, 0) is 6.54 Å². The first-order chi connectivity index (χ1) is 13.5. The fourth-order valence-electron chi connectivity index (χ4n) is 3.85. The molecule has 0 unspecified atom stereocenters. The van der Waals surface area contributed by atoms with Gasteiger partial charge in [0.05, 0.1) is 5.69 Å². The fraction of sp³-hybridized carbons (Fsp3) is 0.333. The van der Waals surface area contributed by atoms with Gasteiger partial charge in [0.15, 0.2) is 0 Å². The van der Waals surface area contributed by atoms with Crippen LogP contribution in [0.2, 0.25) is 0 Å². The quantitative estimate of drug-likeness (QED) is 0.653. The standard InChI is InChI=1S/C21H20FN5O/c1-13-18(24-25-27(13)17-4-3-9-23-19(17)22)14-5-6-16-15(10-14)11-26(20(16)28)12-21(2)7-8-21/h3-6,9-10H,7-8,11-12H2,1-2H3. The number of amides is 1. The van der Waals surface area contributed by atoms with E-state index >= 15 is 0 Å². The number of hydrogen-bond acceptors (Lipinski definition) is 4. The molecule has 1 fully saturated rings. The average molecular weight is 377 g/mol. The molecule has 142 valence electrons. The van der Waals surface area contributed by atoms with Crippen LogP contribution in [0.5, 0.6) is 0 Å². The number of nitrogens with zero attached hydrogens (tertiary/aromatic N) is 5. The van der Waals surface area contributed by atoms with Crippen LogP contribution in [0.4, 0.5) is 4.39 Å². The number of carbonyl (C=O) groups excluding carboxylic acids is 1. The highest BCUT2D eigenvalue weighted by Gasteiger charge is 2.41. The zero-order valence-electron chi connectivity index (χ0n) is 15.8. The van der Waals surface area contributed by atoms with Crippen LogP contribution in [0.3, 0.4) is 0 Å². The minimum Gasteiger partial charge on any atom is -0.334 e. The molecule has 1 saturated carbocycles. The van der Waals surface area contributed by atoms with Gasteiger partial charge in [-0.3, -0.25) is 4.79 Å². The summed E-state index contributed by atoms with van der Waals surface area (Å²) < 4.78 is 15.5. The lowest BCUT2D eigenvalue weighted by molar-refractivity contribution is 0.0748. The first kappa shape index (κ1) is 17.0. The van der Waals surface area contributed by atoms with E-state index in [1.165, 1.54) is 23.7 Å². The second-order valence-electron chi connectivity index (χ2n) is 8.09. The highest BCUT2D eigenvalue weighted by atomic mass is 19.1. The van der Waals surface area contributed by atoms with Crippen molar-refractivity contribution in [1.82, 2.24) is 24.9 Å². The average Bonchev–Trinajstić information content (AvgIpc) is 3.16. The summed E-state index contributed by atoms with van der Waals surface area (Å²) in [5.41, 5.74) is 4.58. The number of rotatable bonds is 4. The highest BCUT2D eigenvalue weighted by molar-refractivity contribution is 5.99. The van der Waals surface area contributed by atoms with E-state index < -0.39 is 5.95 Å². The second-order valence-corrected chi connectivity index (χ2v) is 8.09. The van der Waals surface area contributed by atoms with Gasteiger partial charge in [-0.25, -0.2) is 9.67 Å². The van der Waals surface area contributed by atoms with Crippen molar-refractivity contribution < 1.29 is 9.18 Å². The van der Waals surface area contributed by atoms with Crippen LogP contribution in [0.25, 0.3) is 16.9 Å². The largest absolute Gasteiger partial charge is 0.334 e. The zero-order valence-corrected chi connectivity index (χ0v) is 15.8. The maximum atomic E-state index is 14.0. The predicted molar refractivity (Wildman–Crippen MR) is 101 cm³/mol. The molecule has 0 atom stereocenters. The molecule has 1 aliphatic carbocycles. The Morgan fingerprint density at radius 1 is 1.25 bits per heavy atom. The number of aromatic nitrogens is 4. The topological polar surface area (TPSA) is 63.9 Å². The molecule has 0 radical (unpaired) electrons. The Morgan fingerprint density at radius 3 is 2.82 bits per heavy atom. The van der Waals surface area contributed by atoms with Crippen molar-refractivity contribution in [2.45, 2.75) is 33.2 Å². The smallest absolute Gasteiger partial charge is 0.254 e. The molecule has 0 N–H and O–H groups in total. The van der Waals surface area contributed by atoms with Gasteiger partial charge < -0.3 is 4.90 Å². The Balaban J connectivity index is 1.47. The van der Waals surface area contributed by atoms with Gasteiger partial charge in [-0.2, -0.15) is 4.39 Å². The number of carbonyl (C=O) groups is 1. The number of pyridine rings is 1. The Labute approximate surface area is 162 Å². The Bertz CT molecular complexity index is 1100. The summed E-state index contributed by atoms with van der Waals surface area (Å²) in [5.74, 6) is -0.488. The van der Waals surface area contributed by atoms with Gasteiger partial charge in [0.25, 0.3) is 5.91 Å². The van der Waals surface area contributed by atoms with Crippen molar-refractivity contribution in [2.24, 2.45) is 5.41 Å². The van der Waals surface area contributed by atoms with Crippen LogP contribution in [0.15, 0.2) is 36.5 Å². The molecule has 0 saturated heterocycles. The van der Waals surface area contributed by atoms with E-state index in [0.29, 0.717) is 12.2 Å². The van der Waals surface area contributed by atoms with E-state index in [2.05, 4.69) is 22.2 Å². The summed E-state index contributed by atoms with van der Waals surface area (Å²) in [4.78, 5) is 18.3. The first-order valence-electron chi connectivity index (χ1n) is 9.41. The summed E-state index contributed by atoms with van der Waals surface area (Å²) in [7, 11) is 0. The molecule has 3 aromatic rings.